The Morgan fingerprint density at radius 2 is 1.85 bits per heavy atom. The molecule has 0 aromatic heterocycles. The van der Waals surface area contributed by atoms with Gasteiger partial charge in [-0.1, -0.05) is 47.5 Å². The SMILES string of the molecule is CCNCC(C)(C)CCCC(C)C. The van der Waals surface area contributed by atoms with Crippen molar-refractivity contribution in [3.63, 3.8) is 0 Å². The van der Waals surface area contributed by atoms with E-state index in [-0.39, 0.29) is 0 Å². The summed E-state index contributed by atoms with van der Waals surface area (Å²) in [5.74, 6) is 0.856. The third-order valence-corrected chi connectivity index (χ3v) is 2.49. The molecule has 0 heterocycles. The minimum absolute atomic E-state index is 0.477. The van der Waals surface area contributed by atoms with Crippen molar-refractivity contribution in [2.24, 2.45) is 11.3 Å². The molecule has 0 unspecified atom stereocenters. The molecular formula is C12H27N. The van der Waals surface area contributed by atoms with Gasteiger partial charge >= 0.3 is 0 Å². The van der Waals surface area contributed by atoms with Gasteiger partial charge in [0, 0.05) is 6.54 Å². The lowest BCUT2D eigenvalue weighted by atomic mass is 9.86. The summed E-state index contributed by atoms with van der Waals surface area (Å²) in [6.45, 7) is 13.7. The Labute approximate surface area is 84.3 Å². The molecule has 0 fully saturated rings. The second kappa shape index (κ2) is 6.42. The van der Waals surface area contributed by atoms with E-state index in [2.05, 4.69) is 39.9 Å². The third kappa shape index (κ3) is 8.29. The first-order chi connectivity index (χ1) is 5.98. The van der Waals surface area contributed by atoms with Gasteiger partial charge in [0.2, 0.25) is 0 Å². The lowest BCUT2D eigenvalue weighted by Crippen LogP contribution is -2.29. The van der Waals surface area contributed by atoms with E-state index in [1.165, 1.54) is 19.3 Å². The van der Waals surface area contributed by atoms with E-state index < -0.39 is 0 Å². The molecule has 0 amide bonds. The maximum Gasteiger partial charge on any atom is 0.000240 e. The Morgan fingerprint density at radius 1 is 1.23 bits per heavy atom. The van der Waals surface area contributed by atoms with Crippen molar-refractivity contribution in [2.75, 3.05) is 13.1 Å². The topological polar surface area (TPSA) is 12.0 Å². The van der Waals surface area contributed by atoms with Gasteiger partial charge in [-0.3, -0.25) is 0 Å². The molecule has 0 saturated carbocycles. The highest BCUT2D eigenvalue weighted by Crippen LogP contribution is 2.23. The van der Waals surface area contributed by atoms with E-state index in [4.69, 9.17) is 0 Å². The lowest BCUT2D eigenvalue weighted by molar-refractivity contribution is 0.298. The molecule has 13 heavy (non-hydrogen) atoms. The van der Waals surface area contributed by atoms with Gasteiger partial charge < -0.3 is 5.32 Å². The summed E-state index contributed by atoms with van der Waals surface area (Å²) in [7, 11) is 0. The summed E-state index contributed by atoms with van der Waals surface area (Å²) in [6, 6.07) is 0. The molecule has 0 spiro atoms. The summed E-state index contributed by atoms with van der Waals surface area (Å²) in [5.41, 5.74) is 0.477. The highest BCUT2D eigenvalue weighted by Gasteiger charge is 2.16. The van der Waals surface area contributed by atoms with Gasteiger partial charge in [0.15, 0.2) is 0 Å². The summed E-state index contributed by atoms with van der Waals surface area (Å²) >= 11 is 0. The molecule has 1 heteroatoms. The highest BCUT2D eigenvalue weighted by molar-refractivity contribution is 4.71. The van der Waals surface area contributed by atoms with Gasteiger partial charge in [0.25, 0.3) is 0 Å². The average Bonchev–Trinajstić information content (AvgIpc) is 2.00. The summed E-state index contributed by atoms with van der Waals surface area (Å²) in [4.78, 5) is 0. The van der Waals surface area contributed by atoms with E-state index in [1.807, 2.05) is 0 Å². The number of nitrogens with one attached hydrogen (secondary N) is 1. The van der Waals surface area contributed by atoms with Gasteiger partial charge in [0.05, 0.1) is 0 Å². The molecule has 0 aromatic rings. The smallest absolute Gasteiger partial charge is 0.000240 e. The molecule has 1 nitrogen and oxygen atoms in total. The largest absolute Gasteiger partial charge is 0.316 e. The Morgan fingerprint density at radius 3 is 2.31 bits per heavy atom. The van der Waals surface area contributed by atoms with Gasteiger partial charge in [-0.05, 0) is 24.3 Å². The fourth-order valence-corrected chi connectivity index (χ4v) is 1.54. The first kappa shape index (κ1) is 13.0. The normalized spacial score (nSPS) is 12.5. The summed E-state index contributed by atoms with van der Waals surface area (Å²) < 4.78 is 0. The Bertz CT molecular complexity index is 116. The van der Waals surface area contributed by atoms with Crippen molar-refractivity contribution in [1.29, 1.82) is 0 Å². The second-order valence-corrected chi connectivity index (χ2v) is 5.23. The fraction of sp³-hybridized carbons (Fsp3) is 1.00. The standard InChI is InChI=1S/C12H27N/c1-6-13-10-12(4,5)9-7-8-11(2)3/h11,13H,6-10H2,1-5H3. The van der Waals surface area contributed by atoms with Gasteiger partial charge in [0.1, 0.15) is 0 Å². The van der Waals surface area contributed by atoms with Crippen LogP contribution in [0, 0.1) is 11.3 Å². The number of hydrogen-bond donors (Lipinski definition) is 1. The molecule has 0 bridgehead atoms. The van der Waals surface area contributed by atoms with Crippen LogP contribution >= 0.6 is 0 Å². The van der Waals surface area contributed by atoms with E-state index in [0.717, 1.165) is 19.0 Å². The van der Waals surface area contributed by atoms with Crippen LogP contribution in [0.5, 0.6) is 0 Å². The Balaban J connectivity index is 3.50. The molecule has 1 N–H and O–H groups in total. The molecule has 0 aliphatic rings. The van der Waals surface area contributed by atoms with Crippen LogP contribution in [0.25, 0.3) is 0 Å². The van der Waals surface area contributed by atoms with Crippen LogP contribution in [0.2, 0.25) is 0 Å². The Hall–Kier alpha value is -0.0400. The van der Waals surface area contributed by atoms with E-state index in [9.17, 15) is 0 Å². The minimum atomic E-state index is 0.477. The molecule has 0 atom stereocenters. The van der Waals surface area contributed by atoms with Crippen molar-refractivity contribution in [3.05, 3.63) is 0 Å². The maximum absolute atomic E-state index is 3.43. The van der Waals surface area contributed by atoms with Crippen LogP contribution in [0.1, 0.15) is 53.9 Å². The molecule has 0 aliphatic heterocycles. The predicted octanol–water partition coefficient (Wildman–Crippen LogP) is 3.45. The van der Waals surface area contributed by atoms with Crippen LogP contribution in [0.15, 0.2) is 0 Å². The average molecular weight is 185 g/mol. The molecule has 0 rings (SSSR count). The summed E-state index contributed by atoms with van der Waals surface area (Å²) in [6.07, 6.45) is 4.09. The van der Waals surface area contributed by atoms with Gasteiger partial charge in [-0.2, -0.15) is 0 Å². The Kier molecular flexibility index (Phi) is 6.40. The summed E-state index contributed by atoms with van der Waals surface area (Å²) in [5, 5.41) is 3.43. The van der Waals surface area contributed by atoms with Crippen LogP contribution < -0.4 is 5.32 Å². The van der Waals surface area contributed by atoms with Crippen LogP contribution in [-0.4, -0.2) is 13.1 Å². The number of rotatable bonds is 7. The molecule has 0 saturated heterocycles. The quantitative estimate of drug-likeness (QED) is 0.640. The first-order valence-electron chi connectivity index (χ1n) is 5.68. The van der Waals surface area contributed by atoms with Crippen molar-refractivity contribution >= 4 is 0 Å². The zero-order valence-corrected chi connectivity index (χ0v) is 10.1. The van der Waals surface area contributed by atoms with E-state index >= 15 is 0 Å². The van der Waals surface area contributed by atoms with Crippen molar-refractivity contribution in [2.45, 2.75) is 53.9 Å². The molecule has 80 valence electrons. The van der Waals surface area contributed by atoms with E-state index in [1.54, 1.807) is 0 Å². The second-order valence-electron chi connectivity index (χ2n) is 5.23. The molecule has 0 radical (unpaired) electrons. The van der Waals surface area contributed by atoms with Crippen molar-refractivity contribution in [3.8, 4) is 0 Å². The van der Waals surface area contributed by atoms with Crippen molar-refractivity contribution in [1.82, 2.24) is 5.32 Å². The van der Waals surface area contributed by atoms with E-state index in [0.29, 0.717) is 5.41 Å². The lowest BCUT2D eigenvalue weighted by Gasteiger charge is -2.25. The predicted molar refractivity (Wildman–Crippen MR) is 61.0 cm³/mol. The van der Waals surface area contributed by atoms with Crippen LogP contribution in [-0.2, 0) is 0 Å². The minimum Gasteiger partial charge on any atom is -0.316 e. The maximum atomic E-state index is 3.43. The molecule has 0 aliphatic carbocycles. The van der Waals surface area contributed by atoms with Gasteiger partial charge in [-0.25, -0.2) is 0 Å². The first-order valence-corrected chi connectivity index (χ1v) is 5.68. The third-order valence-electron chi connectivity index (χ3n) is 2.49. The van der Waals surface area contributed by atoms with Gasteiger partial charge in [-0.15, -0.1) is 0 Å². The molecular weight excluding hydrogens is 158 g/mol. The molecule has 0 aromatic carbocycles. The zero-order valence-electron chi connectivity index (χ0n) is 10.1. The number of hydrogen-bond acceptors (Lipinski definition) is 1. The van der Waals surface area contributed by atoms with Crippen LogP contribution in [0.4, 0.5) is 0 Å². The monoisotopic (exact) mass is 185 g/mol. The highest BCUT2D eigenvalue weighted by atomic mass is 14.9. The van der Waals surface area contributed by atoms with Crippen molar-refractivity contribution < 1.29 is 0 Å². The van der Waals surface area contributed by atoms with Crippen LogP contribution in [0.3, 0.4) is 0 Å². The fourth-order valence-electron chi connectivity index (χ4n) is 1.54. The zero-order chi connectivity index (χ0) is 10.3.